The summed E-state index contributed by atoms with van der Waals surface area (Å²) < 4.78 is 4.44. The zero-order chi connectivity index (χ0) is 7.28. The maximum atomic E-state index is 10.3. The molecule has 0 aromatic carbocycles. The van der Waals surface area contributed by atoms with Crippen LogP contribution in [0.15, 0.2) is 12.8 Å². The van der Waals surface area contributed by atoms with Crippen molar-refractivity contribution in [2.24, 2.45) is 0 Å². The molecule has 0 amide bonds. The molecule has 0 saturated carbocycles. The molecule has 0 rings (SSSR count). The summed E-state index contributed by atoms with van der Waals surface area (Å²) in [6.07, 6.45) is 1.35. The molecule has 3 heteroatoms. The molecule has 0 aliphatic heterocycles. The quantitative estimate of drug-likeness (QED) is 0.400. The Hall–Kier alpha value is -1.12. The molecule has 0 spiro atoms. The van der Waals surface area contributed by atoms with Crippen LogP contribution in [0.1, 0.15) is 6.92 Å². The summed E-state index contributed by atoms with van der Waals surface area (Å²) >= 11 is 0. The lowest BCUT2D eigenvalue weighted by Crippen LogP contribution is -2.20. The predicted molar refractivity (Wildman–Crippen MR) is 31.4 cm³/mol. The molecule has 9 heavy (non-hydrogen) atoms. The SMILES string of the molecule is C=COC([C]=O)C(C)=O. The molecule has 0 heterocycles. The van der Waals surface area contributed by atoms with E-state index in [-0.39, 0.29) is 5.78 Å². The molecular weight excluding hydrogens is 120 g/mol. The van der Waals surface area contributed by atoms with E-state index in [1.165, 1.54) is 13.2 Å². The molecule has 1 atom stereocenters. The Bertz CT molecular complexity index is 128. The summed E-state index contributed by atoms with van der Waals surface area (Å²) in [7, 11) is 0. The Morgan fingerprint density at radius 3 is 2.56 bits per heavy atom. The van der Waals surface area contributed by atoms with E-state index in [2.05, 4.69) is 11.3 Å². The fraction of sp³-hybridized carbons (Fsp3) is 0.333. The van der Waals surface area contributed by atoms with E-state index in [1.54, 1.807) is 0 Å². The van der Waals surface area contributed by atoms with Crippen LogP contribution in [0, 0.1) is 0 Å². The van der Waals surface area contributed by atoms with Gasteiger partial charge >= 0.3 is 0 Å². The lowest BCUT2D eigenvalue weighted by molar-refractivity contribution is -0.122. The van der Waals surface area contributed by atoms with Crippen molar-refractivity contribution in [3.05, 3.63) is 12.8 Å². The lowest BCUT2D eigenvalue weighted by Gasteiger charge is -2.01. The molecule has 1 unspecified atom stereocenters. The van der Waals surface area contributed by atoms with Crippen LogP contribution in [0.5, 0.6) is 0 Å². The van der Waals surface area contributed by atoms with Crippen molar-refractivity contribution in [3.63, 3.8) is 0 Å². The summed E-state index contributed by atoms with van der Waals surface area (Å²) in [4.78, 5) is 20.1. The summed E-state index contributed by atoms with van der Waals surface area (Å²) in [5, 5.41) is 0. The maximum Gasteiger partial charge on any atom is 0.250 e. The van der Waals surface area contributed by atoms with Crippen molar-refractivity contribution in [2.45, 2.75) is 13.0 Å². The minimum Gasteiger partial charge on any atom is -0.482 e. The average Bonchev–Trinajstić information content (AvgIpc) is 1.82. The third kappa shape index (κ3) is 2.64. The van der Waals surface area contributed by atoms with Crippen molar-refractivity contribution in [3.8, 4) is 0 Å². The molecule has 0 aromatic rings. The fourth-order valence-corrected chi connectivity index (χ4v) is 0.303. The van der Waals surface area contributed by atoms with E-state index >= 15 is 0 Å². The van der Waals surface area contributed by atoms with Gasteiger partial charge in [0, 0.05) is 0 Å². The Kier molecular flexibility index (Phi) is 3.35. The number of hydrogen-bond donors (Lipinski definition) is 0. The topological polar surface area (TPSA) is 43.4 Å². The van der Waals surface area contributed by atoms with E-state index < -0.39 is 6.10 Å². The maximum absolute atomic E-state index is 10.3. The normalized spacial score (nSPS) is 11.7. The number of Topliss-reactive ketones (excluding diaryl/α,β-unsaturated/α-hetero) is 1. The molecule has 0 aromatic heterocycles. The first-order valence-electron chi connectivity index (χ1n) is 2.37. The van der Waals surface area contributed by atoms with Crippen LogP contribution in [-0.4, -0.2) is 18.2 Å². The first kappa shape index (κ1) is 7.88. The molecule has 0 aliphatic rings. The molecule has 0 fully saturated rings. The highest BCUT2D eigenvalue weighted by atomic mass is 16.5. The highest BCUT2D eigenvalue weighted by molar-refractivity contribution is 5.94. The molecule has 1 radical (unpaired) electrons. The summed E-state index contributed by atoms with van der Waals surface area (Å²) in [6.45, 7) is 4.43. The Morgan fingerprint density at radius 2 is 2.44 bits per heavy atom. The number of ether oxygens (including phenoxy) is 1. The molecule has 49 valence electrons. The number of hydrogen-bond acceptors (Lipinski definition) is 3. The van der Waals surface area contributed by atoms with Crippen molar-refractivity contribution in [1.82, 2.24) is 0 Å². The van der Waals surface area contributed by atoms with Crippen LogP contribution in [0.4, 0.5) is 0 Å². The number of carbonyl (C=O) groups is 1. The van der Waals surface area contributed by atoms with Gasteiger partial charge in [-0.25, -0.2) is 0 Å². The van der Waals surface area contributed by atoms with E-state index in [4.69, 9.17) is 0 Å². The Balaban J connectivity index is 3.81. The molecule has 0 saturated heterocycles. The number of rotatable bonds is 4. The standard InChI is InChI=1S/C6H7O3/c1-3-9-6(4-7)5(2)8/h3,6H,1H2,2H3. The van der Waals surface area contributed by atoms with E-state index in [0.29, 0.717) is 0 Å². The van der Waals surface area contributed by atoms with Crippen LogP contribution >= 0.6 is 0 Å². The van der Waals surface area contributed by atoms with E-state index in [1.807, 2.05) is 0 Å². The summed E-state index contributed by atoms with van der Waals surface area (Å²) in [5.74, 6) is -0.370. The van der Waals surface area contributed by atoms with Crippen molar-refractivity contribution in [1.29, 1.82) is 0 Å². The molecule has 0 bridgehead atoms. The van der Waals surface area contributed by atoms with Gasteiger partial charge in [0.2, 0.25) is 6.10 Å². The minimum atomic E-state index is -1.09. The lowest BCUT2D eigenvalue weighted by atomic mass is 10.3. The van der Waals surface area contributed by atoms with Gasteiger partial charge in [-0.05, 0) is 6.92 Å². The van der Waals surface area contributed by atoms with Gasteiger partial charge in [-0.15, -0.1) is 0 Å². The fourth-order valence-electron chi connectivity index (χ4n) is 0.303. The average molecular weight is 127 g/mol. The second-order valence-electron chi connectivity index (χ2n) is 1.41. The van der Waals surface area contributed by atoms with Crippen LogP contribution in [0.3, 0.4) is 0 Å². The highest BCUT2D eigenvalue weighted by Crippen LogP contribution is 1.88. The summed E-state index contributed by atoms with van der Waals surface area (Å²) in [6, 6.07) is 0. The first-order valence-corrected chi connectivity index (χ1v) is 2.37. The van der Waals surface area contributed by atoms with Crippen LogP contribution in [0.2, 0.25) is 0 Å². The molecule has 3 nitrogen and oxygen atoms in total. The minimum absolute atomic E-state index is 0.370. The first-order chi connectivity index (χ1) is 4.22. The third-order valence-corrected chi connectivity index (χ3v) is 0.709. The molecular formula is C6H7O3. The van der Waals surface area contributed by atoms with Crippen molar-refractivity contribution < 1.29 is 14.3 Å². The zero-order valence-electron chi connectivity index (χ0n) is 5.09. The predicted octanol–water partition coefficient (Wildman–Crippen LogP) is 0.214. The number of carbonyl (C=O) groups excluding carboxylic acids is 2. The van der Waals surface area contributed by atoms with Gasteiger partial charge in [-0.1, -0.05) is 6.58 Å². The van der Waals surface area contributed by atoms with Gasteiger partial charge in [0.15, 0.2) is 5.78 Å². The zero-order valence-corrected chi connectivity index (χ0v) is 5.09. The van der Waals surface area contributed by atoms with E-state index in [9.17, 15) is 9.59 Å². The monoisotopic (exact) mass is 127 g/mol. The smallest absolute Gasteiger partial charge is 0.250 e. The largest absolute Gasteiger partial charge is 0.482 e. The van der Waals surface area contributed by atoms with Gasteiger partial charge < -0.3 is 4.74 Å². The number of ketones is 1. The van der Waals surface area contributed by atoms with Gasteiger partial charge in [-0.3, -0.25) is 9.59 Å². The van der Waals surface area contributed by atoms with Crippen LogP contribution in [0.25, 0.3) is 0 Å². The molecule has 0 N–H and O–H groups in total. The van der Waals surface area contributed by atoms with Crippen molar-refractivity contribution >= 4 is 12.1 Å². The van der Waals surface area contributed by atoms with Gasteiger partial charge in [-0.2, -0.15) is 0 Å². The second-order valence-corrected chi connectivity index (χ2v) is 1.41. The van der Waals surface area contributed by atoms with Crippen LogP contribution < -0.4 is 0 Å². The Morgan fingerprint density at radius 1 is 1.89 bits per heavy atom. The van der Waals surface area contributed by atoms with Gasteiger partial charge in [0.1, 0.15) is 0 Å². The van der Waals surface area contributed by atoms with Gasteiger partial charge in [0.05, 0.1) is 6.26 Å². The van der Waals surface area contributed by atoms with Crippen molar-refractivity contribution in [2.75, 3.05) is 0 Å². The van der Waals surface area contributed by atoms with Crippen LogP contribution in [-0.2, 0) is 14.3 Å². The Labute approximate surface area is 53.3 Å². The third-order valence-electron chi connectivity index (χ3n) is 0.709. The highest BCUT2D eigenvalue weighted by Gasteiger charge is 2.12. The second kappa shape index (κ2) is 3.83. The summed E-state index contributed by atoms with van der Waals surface area (Å²) in [5.41, 5.74) is 0. The van der Waals surface area contributed by atoms with E-state index in [0.717, 1.165) is 6.26 Å². The van der Waals surface area contributed by atoms with Gasteiger partial charge in [0.25, 0.3) is 6.29 Å². The molecule has 0 aliphatic carbocycles.